The second-order valence-electron chi connectivity index (χ2n) is 6.32. The van der Waals surface area contributed by atoms with Crippen LogP contribution in [0.2, 0.25) is 0 Å². The third-order valence-electron chi connectivity index (χ3n) is 4.49. The summed E-state index contributed by atoms with van der Waals surface area (Å²) in [5, 5.41) is 3.32. The van der Waals surface area contributed by atoms with Crippen molar-refractivity contribution < 1.29 is 17.9 Å². The molecule has 0 spiro atoms. The number of methoxy groups -OCH3 is 1. The first-order valence-electron chi connectivity index (χ1n) is 8.83. The number of sulfone groups is 1. The summed E-state index contributed by atoms with van der Waals surface area (Å²) in [6.07, 6.45) is 2.81. The SMILES string of the molecule is CCCN(C(=O)c1ccc(S(=O)(=O)CCOC)cc1)C1CCNCC1. The Morgan fingerprint density at radius 2 is 1.88 bits per heavy atom. The van der Waals surface area contributed by atoms with Gasteiger partial charge >= 0.3 is 0 Å². The molecule has 1 aromatic carbocycles. The average molecular weight is 368 g/mol. The molecule has 25 heavy (non-hydrogen) atoms. The van der Waals surface area contributed by atoms with Gasteiger partial charge in [0, 0.05) is 25.3 Å². The monoisotopic (exact) mass is 368 g/mol. The van der Waals surface area contributed by atoms with Crippen LogP contribution in [0, 0.1) is 0 Å². The Bertz CT molecular complexity index is 652. The molecule has 0 unspecified atom stereocenters. The Morgan fingerprint density at radius 3 is 2.44 bits per heavy atom. The topological polar surface area (TPSA) is 75.7 Å². The van der Waals surface area contributed by atoms with Crippen molar-refractivity contribution >= 4 is 15.7 Å². The second-order valence-corrected chi connectivity index (χ2v) is 8.42. The van der Waals surface area contributed by atoms with Crippen molar-refractivity contribution in [3.05, 3.63) is 29.8 Å². The first kappa shape index (κ1) is 19.9. The first-order chi connectivity index (χ1) is 12.0. The van der Waals surface area contributed by atoms with E-state index < -0.39 is 9.84 Å². The van der Waals surface area contributed by atoms with Gasteiger partial charge in [-0.1, -0.05) is 6.92 Å². The minimum atomic E-state index is -3.37. The average Bonchev–Trinajstić information content (AvgIpc) is 2.65. The summed E-state index contributed by atoms with van der Waals surface area (Å²) in [5.41, 5.74) is 0.540. The van der Waals surface area contributed by atoms with Crippen molar-refractivity contribution in [2.24, 2.45) is 0 Å². The molecular formula is C18H28N2O4S. The van der Waals surface area contributed by atoms with Crippen LogP contribution in [0.1, 0.15) is 36.5 Å². The van der Waals surface area contributed by atoms with E-state index in [1.807, 2.05) is 4.90 Å². The van der Waals surface area contributed by atoms with Gasteiger partial charge < -0.3 is 15.0 Å². The molecule has 1 N–H and O–H groups in total. The molecule has 6 nitrogen and oxygen atoms in total. The van der Waals surface area contributed by atoms with Crippen molar-refractivity contribution in [3.63, 3.8) is 0 Å². The predicted molar refractivity (Wildman–Crippen MR) is 97.6 cm³/mol. The molecule has 0 aliphatic carbocycles. The summed E-state index contributed by atoms with van der Waals surface area (Å²) < 4.78 is 29.2. The van der Waals surface area contributed by atoms with Gasteiger partial charge in [-0.15, -0.1) is 0 Å². The number of rotatable bonds is 8. The number of benzene rings is 1. The standard InChI is InChI=1S/C18H28N2O4S/c1-3-12-20(16-8-10-19-11-9-16)18(21)15-4-6-17(7-5-15)25(22,23)14-13-24-2/h4-7,16,19H,3,8-14H2,1-2H3. The third-order valence-corrected chi connectivity index (χ3v) is 6.19. The maximum Gasteiger partial charge on any atom is 0.254 e. The summed E-state index contributed by atoms with van der Waals surface area (Å²) in [4.78, 5) is 15.1. The Hall–Kier alpha value is -1.44. The maximum absolute atomic E-state index is 12.9. The summed E-state index contributed by atoms with van der Waals surface area (Å²) in [6, 6.07) is 6.52. The fourth-order valence-corrected chi connectivity index (χ4v) is 4.26. The number of amides is 1. The van der Waals surface area contributed by atoms with Crippen LogP contribution >= 0.6 is 0 Å². The van der Waals surface area contributed by atoms with Crippen LogP contribution in [-0.2, 0) is 14.6 Å². The second kappa shape index (κ2) is 9.31. The molecule has 2 rings (SSSR count). The van der Waals surface area contributed by atoms with Gasteiger partial charge in [-0.2, -0.15) is 0 Å². The molecule has 0 radical (unpaired) electrons. The lowest BCUT2D eigenvalue weighted by Crippen LogP contribution is -2.46. The molecule has 1 saturated heterocycles. The van der Waals surface area contributed by atoms with Gasteiger partial charge in [0.15, 0.2) is 9.84 Å². The van der Waals surface area contributed by atoms with E-state index in [-0.39, 0.29) is 29.2 Å². The van der Waals surface area contributed by atoms with Gasteiger partial charge in [0.05, 0.1) is 17.3 Å². The number of carbonyl (C=O) groups excluding carboxylic acids is 1. The fourth-order valence-electron chi connectivity index (χ4n) is 3.09. The van der Waals surface area contributed by atoms with E-state index in [1.165, 1.54) is 19.2 Å². The summed E-state index contributed by atoms with van der Waals surface area (Å²) in [6.45, 7) is 4.79. The summed E-state index contributed by atoms with van der Waals surface area (Å²) in [5.74, 6) is -0.0806. The highest BCUT2D eigenvalue weighted by Gasteiger charge is 2.25. The number of nitrogens with one attached hydrogen (secondary N) is 1. The Morgan fingerprint density at radius 1 is 1.24 bits per heavy atom. The lowest BCUT2D eigenvalue weighted by Gasteiger charge is -2.34. The van der Waals surface area contributed by atoms with Gasteiger partial charge in [0.1, 0.15) is 0 Å². The molecule has 1 fully saturated rings. The number of hydrogen-bond donors (Lipinski definition) is 1. The van der Waals surface area contributed by atoms with Crippen LogP contribution in [-0.4, -0.2) is 64.4 Å². The maximum atomic E-state index is 12.9. The molecule has 7 heteroatoms. The molecule has 1 aromatic rings. The molecule has 0 aromatic heterocycles. The summed E-state index contributed by atoms with van der Waals surface area (Å²) in [7, 11) is -1.90. The Balaban J connectivity index is 2.14. The van der Waals surface area contributed by atoms with Gasteiger partial charge in [-0.05, 0) is 56.6 Å². The zero-order valence-corrected chi connectivity index (χ0v) is 15.8. The van der Waals surface area contributed by atoms with Gasteiger partial charge in [0.25, 0.3) is 5.91 Å². The smallest absolute Gasteiger partial charge is 0.254 e. The van der Waals surface area contributed by atoms with Crippen molar-refractivity contribution in [2.45, 2.75) is 37.1 Å². The van der Waals surface area contributed by atoms with Gasteiger partial charge in [0.2, 0.25) is 0 Å². The van der Waals surface area contributed by atoms with Crippen molar-refractivity contribution in [3.8, 4) is 0 Å². The molecule has 1 aliphatic heterocycles. The fraction of sp³-hybridized carbons (Fsp3) is 0.611. The highest BCUT2D eigenvalue weighted by molar-refractivity contribution is 7.91. The summed E-state index contributed by atoms with van der Waals surface area (Å²) >= 11 is 0. The molecule has 0 atom stereocenters. The first-order valence-corrected chi connectivity index (χ1v) is 10.5. The van der Waals surface area contributed by atoms with E-state index in [2.05, 4.69) is 12.2 Å². The third kappa shape index (κ3) is 5.26. The minimum Gasteiger partial charge on any atom is -0.384 e. The molecule has 0 bridgehead atoms. The quantitative estimate of drug-likeness (QED) is 0.756. The van der Waals surface area contributed by atoms with E-state index in [1.54, 1.807) is 12.1 Å². The van der Waals surface area contributed by atoms with Crippen LogP contribution in [0.25, 0.3) is 0 Å². The largest absolute Gasteiger partial charge is 0.384 e. The molecule has 1 aliphatic rings. The normalized spacial score (nSPS) is 15.9. The Kier molecular flexibility index (Phi) is 7.40. The van der Waals surface area contributed by atoms with E-state index in [0.717, 1.165) is 38.9 Å². The highest BCUT2D eigenvalue weighted by atomic mass is 32.2. The lowest BCUT2D eigenvalue weighted by atomic mass is 10.0. The lowest BCUT2D eigenvalue weighted by molar-refractivity contribution is 0.0642. The van der Waals surface area contributed by atoms with Gasteiger partial charge in [-0.3, -0.25) is 4.79 Å². The van der Waals surface area contributed by atoms with E-state index >= 15 is 0 Å². The predicted octanol–water partition coefficient (Wildman–Crippen LogP) is 1.71. The van der Waals surface area contributed by atoms with Crippen molar-refractivity contribution in [1.82, 2.24) is 10.2 Å². The number of nitrogens with zero attached hydrogens (tertiary/aromatic N) is 1. The van der Waals surface area contributed by atoms with Crippen molar-refractivity contribution in [2.75, 3.05) is 39.1 Å². The van der Waals surface area contributed by atoms with Crippen LogP contribution < -0.4 is 5.32 Å². The number of piperidine rings is 1. The minimum absolute atomic E-state index is 0.0189. The number of ether oxygens (including phenoxy) is 1. The Labute approximate surface area is 150 Å². The molecule has 140 valence electrons. The van der Waals surface area contributed by atoms with Crippen LogP contribution in [0.15, 0.2) is 29.2 Å². The zero-order chi connectivity index (χ0) is 18.3. The van der Waals surface area contributed by atoms with Crippen LogP contribution in [0.5, 0.6) is 0 Å². The van der Waals surface area contributed by atoms with Gasteiger partial charge in [-0.25, -0.2) is 8.42 Å². The van der Waals surface area contributed by atoms with E-state index in [0.29, 0.717) is 5.56 Å². The molecule has 1 amide bonds. The molecule has 0 saturated carbocycles. The zero-order valence-electron chi connectivity index (χ0n) is 15.0. The molecule has 1 heterocycles. The van der Waals surface area contributed by atoms with Crippen LogP contribution in [0.4, 0.5) is 0 Å². The van der Waals surface area contributed by atoms with Crippen LogP contribution in [0.3, 0.4) is 0 Å². The van der Waals surface area contributed by atoms with E-state index in [9.17, 15) is 13.2 Å². The molecular weight excluding hydrogens is 340 g/mol. The number of carbonyl (C=O) groups is 1. The van der Waals surface area contributed by atoms with E-state index in [4.69, 9.17) is 4.74 Å². The highest BCUT2D eigenvalue weighted by Crippen LogP contribution is 2.18. The number of hydrogen-bond acceptors (Lipinski definition) is 5. The van der Waals surface area contributed by atoms with Crippen molar-refractivity contribution in [1.29, 1.82) is 0 Å².